The maximum atomic E-state index is 5.48. The molecular formula is C9H20N2O2. The predicted molar refractivity (Wildman–Crippen MR) is 52.0 cm³/mol. The molecule has 1 unspecified atom stereocenters. The van der Waals surface area contributed by atoms with Crippen LogP contribution in [-0.4, -0.2) is 64.6 Å². The average Bonchev–Trinajstić information content (AvgIpc) is 2.14. The summed E-state index contributed by atoms with van der Waals surface area (Å²) in [5.74, 6) is 0. The fraction of sp³-hybridized carbons (Fsp3) is 1.00. The van der Waals surface area contributed by atoms with Gasteiger partial charge in [0.25, 0.3) is 0 Å². The molecule has 0 aliphatic carbocycles. The first-order valence-electron chi connectivity index (χ1n) is 4.84. The Balaban J connectivity index is 1.92. The van der Waals surface area contributed by atoms with Crippen LogP contribution in [0.2, 0.25) is 0 Å². The van der Waals surface area contributed by atoms with E-state index in [2.05, 4.69) is 24.3 Å². The molecule has 0 saturated carbocycles. The molecule has 1 heterocycles. The molecule has 4 nitrogen and oxygen atoms in total. The Morgan fingerprint density at radius 2 is 2.23 bits per heavy atom. The first-order chi connectivity index (χ1) is 6.29. The van der Waals surface area contributed by atoms with Crippen LogP contribution in [-0.2, 0) is 9.47 Å². The molecule has 0 spiro atoms. The van der Waals surface area contributed by atoms with Crippen LogP contribution in [0.15, 0.2) is 0 Å². The molecule has 78 valence electrons. The van der Waals surface area contributed by atoms with Gasteiger partial charge in [-0.3, -0.25) is 0 Å². The molecule has 1 atom stereocenters. The number of likely N-dealkylation sites (N-methyl/N-ethyl adjacent to an activating group) is 1. The van der Waals surface area contributed by atoms with Gasteiger partial charge in [0.15, 0.2) is 0 Å². The SMILES string of the molecule is CN(C)CCNCC1COCCO1. The van der Waals surface area contributed by atoms with Crippen LogP contribution in [0.3, 0.4) is 0 Å². The third-order valence-electron chi connectivity index (χ3n) is 1.99. The Hall–Kier alpha value is -0.160. The third-order valence-corrected chi connectivity index (χ3v) is 1.99. The molecule has 13 heavy (non-hydrogen) atoms. The largest absolute Gasteiger partial charge is 0.376 e. The minimum absolute atomic E-state index is 0.246. The number of ether oxygens (including phenoxy) is 2. The summed E-state index contributed by atoms with van der Waals surface area (Å²) in [7, 11) is 4.14. The van der Waals surface area contributed by atoms with Gasteiger partial charge >= 0.3 is 0 Å². The number of hydrogen-bond donors (Lipinski definition) is 1. The molecule has 0 aromatic rings. The zero-order valence-electron chi connectivity index (χ0n) is 8.58. The lowest BCUT2D eigenvalue weighted by Crippen LogP contribution is -2.39. The van der Waals surface area contributed by atoms with E-state index in [1.54, 1.807) is 0 Å². The van der Waals surface area contributed by atoms with Crippen molar-refractivity contribution < 1.29 is 9.47 Å². The predicted octanol–water partition coefficient (Wildman–Crippen LogP) is -0.447. The highest BCUT2D eigenvalue weighted by Gasteiger charge is 2.12. The van der Waals surface area contributed by atoms with Crippen LogP contribution >= 0.6 is 0 Å². The van der Waals surface area contributed by atoms with Crippen LogP contribution in [0.25, 0.3) is 0 Å². The van der Waals surface area contributed by atoms with Crippen LogP contribution in [0.5, 0.6) is 0 Å². The monoisotopic (exact) mass is 188 g/mol. The maximum absolute atomic E-state index is 5.48. The van der Waals surface area contributed by atoms with E-state index in [4.69, 9.17) is 9.47 Å². The normalized spacial score (nSPS) is 23.8. The first-order valence-corrected chi connectivity index (χ1v) is 4.84. The summed E-state index contributed by atoms with van der Waals surface area (Å²) in [6.45, 7) is 5.18. The van der Waals surface area contributed by atoms with Crippen molar-refractivity contribution in [3.05, 3.63) is 0 Å². The zero-order valence-corrected chi connectivity index (χ0v) is 8.58. The molecule has 1 saturated heterocycles. The Morgan fingerprint density at radius 3 is 2.85 bits per heavy atom. The number of nitrogens with one attached hydrogen (secondary N) is 1. The van der Waals surface area contributed by atoms with Crippen molar-refractivity contribution in [3.8, 4) is 0 Å². The van der Waals surface area contributed by atoms with Gasteiger partial charge < -0.3 is 19.7 Å². The zero-order chi connectivity index (χ0) is 9.52. The van der Waals surface area contributed by atoms with Gasteiger partial charge in [-0.25, -0.2) is 0 Å². The van der Waals surface area contributed by atoms with E-state index in [-0.39, 0.29) is 6.10 Å². The topological polar surface area (TPSA) is 33.7 Å². The van der Waals surface area contributed by atoms with Gasteiger partial charge in [-0.1, -0.05) is 0 Å². The molecule has 0 amide bonds. The highest BCUT2D eigenvalue weighted by atomic mass is 16.6. The number of rotatable bonds is 5. The van der Waals surface area contributed by atoms with Crippen molar-refractivity contribution in [2.45, 2.75) is 6.10 Å². The van der Waals surface area contributed by atoms with Crippen LogP contribution < -0.4 is 5.32 Å². The molecule has 1 rings (SSSR count). The standard InChI is InChI=1S/C9H20N2O2/c1-11(2)4-3-10-7-9-8-12-5-6-13-9/h9-10H,3-8H2,1-2H3. The van der Waals surface area contributed by atoms with Gasteiger partial charge in [-0.15, -0.1) is 0 Å². The first kappa shape index (κ1) is 10.9. The lowest BCUT2D eigenvalue weighted by molar-refractivity contribution is -0.0863. The second-order valence-corrected chi connectivity index (χ2v) is 3.58. The summed E-state index contributed by atoms with van der Waals surface area (Å²) in [5, 5.41) is 3.34. The quantitative estimate of drug-likeness (QED) is 0.593. The summed E-state index contributed by atoms with van der Waals surface area (Å²) in [5.41, 5.74) is 0. The molecule has 0 aromatic heterocycles. The van der Waals surface area contributed by atoms with Gasteiger partial charge in [-0.2, -0.15) is 0 Å². The van der Waals surface area contributed by atoms with Crippen LogP contribution in [0.4, 0.5) is 0 Å². The van der Waals surface area contributed by atoms with Crippen molar-refractivity contribution in [1.82, 2.24) is 10.2 Å². The number of nitrogens with zero attached hydrogens (tertiary/aromatic N) is 1. The fourth-order valence-electron chi connectivity index (χ4n) is 1.22. The molecule has 1 aliphatic heterocycles. The van der Waals surface area contributed by atoms with E-state index in [1.807, 2.05) is 0 Å². The second-order valence-electron chi connectivity index (χ2n) is 3.58. The van der Waals surface area contributed by atoms with E-state index in [0.29, 0.717) is 0 Å². The molecule has 0 aromatic carbocycles. The van der Waals surface area contributed by atoms with Crippen molar-refractivity contribution >= 4 is 0 Å². The van der Waals surface area contributed by atoms with Gasteiger partial charge in [0, 0.05) is 19.6 Å². The fourth-order valence-corrected chi connectivity index (χ4v) is 1.22. The molecular weight excluding hydrogens is 168 g/mol. The van der Waals surface area contributed by atoms with E-state index < -0.39 is 0 Å². The van der Waals surface area contributed by atoms with E-state index >= 15 is 0 Å². The lowest BCUT2D eigenvalue weighted by atomic mass is 10.3. The smallest absolute Gasteiger partial charge is 0.0933 e. The summed E-state index contributed by atoms with van der Waals surface area (Å²) in [6.07, 6.45) is 0.246. The van der Waals surface area contributed by atoms with E-state index in [0.717, 1.165) is 39.5 Å². The van der Waals surface area contributed by atoms with Crippen molar-refractivity contribution in [1.29, 1.82) is 0 Å². The maximum Gasteiger partial charge on any atom is 0.0933 e. The molecule has 4 heteroatoms. The molecule has 1 aliphatic rings. The Bertz CT molecular complexity index is 125. The van der Waals surface area contributed by atoms with E-state index in [9.17, 15) is 0 Å². The Morgan fingerprint density at radius 1 is 1.38 bits per heavy atom. The minimum Gasteiger partial charge on any atom is -0.376 e. The third kappa shape index (κ3) is 5.21. The number of hydrogen-bond acceptors (Lipinski definition) is 4. The Kier molecular flexibility index (Phi) is 5.31. The van der Waals surface area contributed by atoms with Crippen LogP contribution in [0.1, 0.15) is 0 Å². The van der Waals surface area contributed by atoms with Gasteiger partial charge in [0.1, 0.15) is 0 Å². The van der Waals surface area contributed by atoms with Crippen molar-refractivity contribution in [2.75, 3.05) is 53.6 Å². The lowest BCUT2D eigenvalue weighted by Gasteiger charge is -2.23. The van der Waals surface area contributed by atoms with Crippen molar-refractivity contribution in [3.63, 3.8) is 0 Å². The summed E-state index contributed by atoms with van der Waals surface area (Å²) in [6, 6.07) is 0. The summed E-state index contributed by atoms with van der Waals surface area (Å²) >= 11 is 0. The molecule has 0 bridgehead atoms. The summed E-state index contributed by atoms with van der Waals surface area (Å²) < 4.78 is 10.8. The van der Waals surface area contributed by atoms with Gasteiger partial charge in [0.05, 0.1) is 25.9 Å². The van der Waals surface area contributed by atoms with Gasteiger partial charge in [-0.05, 0) is 14.1 Å². The minimum atomic E-state index is 0.246. The van der Waals surface area contributed by atoms with E-state index in [1.165, 1.54) is 0 Å². The summed E-state index contributed by atoms with van der Waals surface area (Å²) in [4.78, 5) is 2.16. The second kappa shape index (κ2) is 6.32. The molecule has 1 fully saturated rings. The highest BCUT2D eigenvalue weighted by molar-refractivity contribution is 4.64. The average molecular weight is 188 g/mol. The molecule has 1 N–H and O–H groups in total. The highest BCUT2D eigenvalue weighted by Crippen LogP contribution is 1.98. The van der Waals surface area contributed by atoms with Crippen molar-refractivity contribution in [2.24, 2.45) is 0 Å². The van der Waals surface area contributed by atoms with Crippen LogP contribution in [0, 0.1) is 0 Å². The van der Waals surface area contributed by atoms with Gasteiger partial charge in [0.2, 0.25) is 0 Å². The molecule has 0 radical (unpaired) electrons. The Labute approximate surface area is 80.2 Å².